The lowest BCUT2D eigenvalue weighted by atomic mass is 10.1. The Bertz CT molecular complexity index is 678. The molecule has 110 valence electrons. The summed E-state index contributed by atoms with van der Waals surface area (Å²) in [6.07, 6.45) is -4.44. The van der Waals surface area contributed by atoms with Crippen LogP contribution in [0.2, 0.25) is 0 Å². The van der Waals surface area contributed by atoms with Crippen molar-refractivity contribution in [3.63, 3.8) is 0 Å². The fraction of sp³-hybridized carbons (Fsp3) is 0.188. The van der Waals surface area contributed by atoms with Crippen LogP contribution in [0.1, 0.15) is 16.7 Å². The molecule has 2 rings (SSSR count). The number of nitrogens with zero attached hydrogens (tertiary/aromatic N) is 1. The maximum absolute atomic E-state index is 13.1. The van der Waals surface area contributed by atoms with Gasteiger partial charge in [0.15, 0.2) is 0 Å². The van der Waals surface area contributed by atoms with Crippen LogP contribution in [-0.4, -0.2) is 6.72 Å². The van der Waals surface area contributed by atoms with Crippen LogP contribution in [0.15, 0.2) is 51.2 Å². The van der Waals surface area contributed by atoms with Crippen LogP contribution < -0.4 is 0 Å². The van der Waals surface area contributed by atoms with Gasteiger partial charge in [0.25, 0.3) is 0 Å². The van der Waals surface area contributed by atoms with Gasteiger partial charge in [-0.15, -0.1) is 0 Å². The Balaban J connectivity index is 2.50. The SMILES string of the molecule is C=Nc1cc(C)c(Sc2ccccc2C)cc1C(F)(F)F. The van der Waals surface area contributed by atoms with Crippen molar-refractivity contribution in [1.29, 1.82) is 0 Å². The van der Waals surface area contributed by atoms with Gasteiger partial charge in [0.1, 0.15) is 0 Å². The van der Waals surface area contributed by atoms with Gasteiger partial charge in [-0.25, -0.2) is 0 Å². The third kappa shape index (κ3) is 3.47. The van der Waals surface area contributed by atoms with Gasteiger partial charge in [0.2, 0.25) is 0 Å². The van der Waals surface area contributed by atoms with E-state index in [9.17, 15) is 13.2 Å². The predicted octanol–water partition coefficient (Wildman–Crippen LogP) is 5.81. The van der Waals surface area contributed by atoms with Gasteiger partial charge in [-0.3, -0.25) is 4.99 Å². The van der Waals surface area contributed by atoms with Gasteiger partial charge in [-0.05, 0) is 49.9 Å². The highest BCUT2D eigenvalue weighted by Crippen LogP contribution is 2.42. The van der Waals surface area contributed by atoms with Gasteiger partial charge in [-0.2, -0.15) is 13.2 Å². The molecular weight excluding hydrogens is 295 g/mol. The third-order valence-corrected chi connectivity index (χ3v) is 4.42. The number of benzene rings is 2. The molecule has 21 heavy (non-hydrogen) atoms. The minimum absolute atomic E-state index is 0.130. The molecule has 0 atom stereocenters. The topological polar surface area (TPSA) is 12.4 Å². The zero-order chi connectivity index (χ0) is 15.6. The molecule has 0 amide bonds. The van der Waals surface area contributed by atoms with Crippen LogP contribution in [0.3, 0.4) is 0 Å². The first-order valence-corrected chi connectivity index (χ1v) is 7.06. The Morgan fingerprint density at radius 1 is 1.00 bits per heavy atom. The lowest BCUT2D eigenvalue weighted by Gasteiger charge is -2.14. The molecule has 0 aromatic heterocycles. The lowest BCUT2D eigenvalue weighted by molar-refractivity contribution is -0.137. The van der Waals surface area contributed by atoms with E-state index in [1.54, 1.807) is 6.92 Å². The molecule has 0 unspecified atom stereocenters. The van der Waals surface area contributed by atoms with Crippen LogP contribution in [0.25, 0.3) is 0 Å². The summed E-state index contributed by atoms with van der Waals surface area (Å²) in [5.41, 5.74) is 0.897. The molecule has 0 spiro atoms. The molecule has 0 bridgehead atoms. The molecule has 0 radical (unpaired) electrons. The Morgan fingerprint density at radius 3 is 2.24 bits per heavy atom. The molecule has 0 N–H and O–H groups in total. The average Bonchev–Trinajstić information content (AvgIpc) is 2.41. The molecular formula is C16H14F3NS. The average molecular weight is 309 g/mol. The first-order chi connectivity index (χ1) is 9.82. The first-order valence-electron chi connectivity index (χ1n) is 6.25. The normalized spacial score (nSPS) is 11.5. The van der Waals surface area contributed by atoms with E-state index in [1.165, 1.54) is 17.8 Å². The van der Waals surface area contributed by atoms with Crippen molar-refractivity contribution in [2.24, 2.45) is 4.99 Å². The smallest absolute Gasteiger partial charge is 0.264 e. The molecule has 2 aromatic rings. The van der Waals surface area contributed by atoms with E-state index in [0.29, 0.717) is 4.90 Å². The molecule has 0 aliphatic rings. The van der Waals surface area contributed by atoms with E-state index in [2.05, 4.69) is 11.7 Å². The Morgan fingerprint density at radius 2 is 1.67 bits per heavy atom. The van der Waals surface area contributed by atoms with Gasteiger partial charge in [0.05, 0.1) is 11.3 Å². The molecule has 0 aliphatic heterocycles. The number of aryl methyl sites for hydroxylation is 2. The van der Waals surface area contributed by atoms with Crippen molar-refractivity contribution in [2.75, 3.05) is 0 Å². The van der Waals surface area contributed by atoms with Crippen molar-refractivity contribution in [3.05, 3.63) is 53.1 Å². The Hall–Kier alpha value is -1.75. The second-order valence-corrected chi connectivity index (χ2v) is 5.74. The van der Waals surface area contributed by atoms with Crippen molar-refractivity contribution in [1.82, 2.24) is 0 Å². The minimum Gasteiger partial charge on any atom is -0.264 e. The summed E-state index contributed by atoms with van der Waals surface area (Å²) in [5, 5.41) is 0. The Kier molecular flexibility index (Phi) is 4.42. The fourth-order valence-electron chi connectivity index (χ4n) is 1.93. The third-order valence-electron chi connectivity index (χ3n) is 3.08. The number of halogens is 3. The lowest BCUT2D eigenvalue weighted by Crippen LogP contribution is -2.06. The van der Waals surface area contributed by atoms with E-state index in [-0.39, 0.29) is 5.69 Å². The molecule has 1 nitrogen and oxygen atoms in total. The summed E-state index contributed by atoms with van der Waals surface area (Å²) < 4.78 is 39.2. The number of rotatable bonds is 3. The number of aliphatic imine (C=N–C) groups is 1. The summed E-state index contributed by atoms with van der Waals surface area (Å²) in [4.78, 5) is 5.00. The minimum atomic E-state index is -4.44. The zero-order valence-electron chi connectivity index (χ0n) is 11.7. The van der Waals surface area contributed by atoms with Crippen molar-refractivity contribution >= 4 is 24.2 Å². The quantitative estimate of drug-likeness (QED) is 0.652. The van der Waals surface area contributed by atoms with E-state index in [4.69, 9.17) is 0 Å². The molecule has 2 aromatic carbocycles. The molecule has 0 heterocycles. The molecule has 0 saturated heterocycles. The largest absolute Gasteiger partial charge is 0.418 e. The van der Waals surface area contributed by atoms with Crippen molar-refractivity contribution in [2.45, 2.75) is 29.8 Å². The van der Waals surface area contributed by atoms with Gasteiger partial charge in [0, 0.05) is 9.79 Å². The van der Waals surface area contributed by atoms with Crippen LogP contribution >= 0.6 is 11.8 Å². The maximum atomic E-state index is 13.1. The number of hydrogen-bond donors (Lipinski definition) is 0. The summed E-state index contributed by atoms with van der Waals surface area (Å²) >= 11 is 1.33. The second kappa shape index (κ2) is 5.93. The van der Waals surface area contributed by atoms with Crippen LogP contribution in [0.5, 0.6) is 0 Å². The molecule has 5 heteroatoms. The fourth-order valence-corrected chi connectivity index (χ4v) is 2.94. The summed E-state index contributed by atoms with van der Waals surface area (Å²) in [7, 11) is 0. The van der Waals surface area contributed by atoms with Gasteiger partial charge < -0.3 is 0 Å². The van der Waals surface area contributed by atoms with Crippen molar-refractivity contribution < 1.29 is 13.2 Å². The highest BCUT2D eigenvalue weighted by molar-refractivity contribution is 7.99. The van der Waals surface area contributed by atoms with Crippen LogP contribution in [0, 0.1) is 13.8 Å². The maximum Gasteiger partial charge on any atom is 0.418 e. The van der Waals surface area contributed by atoms with E-state index in [0.717, 1.165) is 22.1 Å². The highest BCUT2D eigenvalue weighted by atomic mass is 32.2. The molecule has 0 fully saturated rings. The zero-order valence-corrected chi connectivity index (χ0v) is 12.5. The standard InChI is InChI=1S/C16H14F3NS/c1-10-6-4-5-7-14(10)21-15-9-12(16(17,18)19)13(20-3)8-11(15)2/h4-9H,3H2,1-2H3. The van der Waals surface area contributed by atoms with Crippen molar-refractivity contribution in [3.8, 4) is 0 Å². The predicted molar refractivity (Wildman–Crippen MR) is 80.7 cm³/mol. The van der Waals surface area contributed by atoms with E-state index in [1.807, 2.05) is 31.2 Å². The summed E-state index contributed by atoms with van der Waals surface area (Å²) in [6.45, 7) is 6.92. The first kappa shape index (κ1) is 15.6. The molecule has 0 saturated carbocycles. The van der Waals surface area contributed by atoms with E-state index >= 15 is 0 Å². The van der Waals surface area contributed by atoms with E-state index < -0.39 is 11.7 Å². The van der Waals surface area contributed by atoms with Gasteiger partial charge >= 0.3 is 6.18 Å². The monoisotopic (exact) mass is 309 g/mol. The Labute approximate surface area is 125 Å². The van der Waals surface area contributed by atoms with Crippen LogP contribution in [-0.2, 0) is 6.18 Å². The summed E-state index contributed by atoms with van der Waals surface area (Å²) in [6, 6.07) is 10.2. The van der Waals surface area contributed by atoms with Crippen LogP contribution in [0.4, 0.5) is 18.9 Å². The second-order valence-electron chi connectivity index (χ2n) is 4.66. The summed E-state index contributed by atoms with van der Waals surface area (Å²) in [5.74, 6) is 0. The highest BCUT2D eigenvalue weighted by Gasteiger charge is 2.34. The number of hydrogen-bond acceptors (Lipinski definition) is 2. The number of alkyl halides is 3. The van der Waals surface area contributed by atoms with Gasteiger partial charge in [-0.1, -0.05) is 30.0 Å². The molecule has 0 aliphatic carbocycles.